The lowest BCUT2D eigenvalue weighted by Gasteiger charge is -2.18. The topological polar surface area (TPSA) is 113 Å². The number of nitrogen functional groups attached to an aromatic ring is 1. The second-order valence-electron chi connectivity index (χ2n) is 6.59. The highest BCUT2D eigenvalue weighted by atomic mass is 16.2. The molecule has 0 bridgehead atoms. The fraction of sp³-hybridized carbons (Fsp3) is 0.333. The van der Waals surface area contributed by atoms with Gasteiger partial charge < -0.3 is 16.0 Å². The summed E-state index contributed by atoms with van der Waals surface area (Å²) < 4.78 is 0. The Kier molecular flexibility index (Phi) is 4.16. The van der Waals surface area contributed by atoms with E-state index in [4.69, 9.17) is 5.73 Å². The molecule has 1 amide bonds. The van der Waals surface area contributed by atoms with Gasteiger partial charge in [0, 0.05) is 43.2 Å². The van der Waals surface area contributed by atoms with Gasteiger partial charge >= 0.3 is 0 Å². The van der Waals surface area contributed by atoms with Crippen molar-refractivity contribution in [2.24, 2.45) is 5.92 Å². The molecule has 0 atom stereocenters. The van der Waals surface area contributed by atoms with E-state index in [2.05, 4.69) is 25.5 Å². The lowest BCUT2D eigenvalue weighted by Crippen LogP contribution is -2.32. The summed E-state index contributed by atoms with van der Waals surface area (Å²) in [6.07, 6.45) is 3.74. The summed E-state index contributed by atoms with van der Waals surface area (Å²) in [7, 11) is 1.84. The van der Waals surface area contributed by atoms with Crippen LogP contribution in [0.5, 0.6) is 0 Å². The molecule has 3 aromatic rings. The van der Waals surface area contributed by atoms with E-state index in [-0.39, 0.29) is 17.8 Å². The molecule has 1 saturated carbocycles. The summed E-state index contributed by atoms with van der Waals surface area (Å²) in [5.74, 6) is 1.35. The molecule has 2 heterocycles. The van der Waals surface area contributed by atoms with Crippen LogP contribution in [0.1, 0.15) is 12.8 Å². The number of H-pyrrole nitrogens is 1. The molecular weight excluding hydrogens is 330 g/mol. The number of hydrogen-bond acceptors (Lipinski definition) is 6. The lowest BCUT2D eigenvalue weighted by atomic mass is 10.1. The highest BCUT2D eigenvalue weighted by Gasteiger charge is 2.31. The van der Waals surface area contributed by atoms with Crippen LogP contribution >= 0.6 is 0 Å². The predicted octanol–water partition coefficient (Wildman–Crippen LogP) is 1.88. The second kappa shape index (κ2) is 6.62. The number of nitrogens with one attached hydrogen (secondary N) is 2. The molecule has 2 aromatic heterocycles. The highest BCUT2D eigenvalue weighted by molar-refractivity contribution is 5.92. The normalized spacial score (nSPS) is 13.7. The zero-order valence-electron chi connectivity index (χ0n) is 14.6. The first-order chi connectivity index (χ1) is 12.6. The Hall–Kier alpha value is -3.16. The van der Waals surface area contributed by atoms with Gasteiger partial charge in [-0.1, -0.05) is 6.07 Å². The van der Waals surface area contributed by atoms with Crippen LogP contribution in [0.15, 0.2) is 30.5 Å². The zero-order valence-corrected chi connectivity index (χ0v) is 14.6. The van der Waals surface area contributed by atoms with Crippen molar-refractivity contribution in [3.8, 4) is 11.3 Å². The molecule has 4 N–H and O–H groups in total. The number of fused-ring (bicyclic) bond motifs is 1. The van der Waals surface area contributed by atoms with E-state index in [9.17, 15) is 4.79 Å². The largest absolute Gasteiger partial charge is 0.368 e. The van der Waals surface area contributed by atoms with Crippen molar-refractivity contribution in [2.45, 2.75) is 12.8 Å². The van der Waals surface area contributed by atoms with Crippen molar-refractivity contribution in [3.63, 3.8) is 0 Å². The van der Waals surface area contributed by atoms with Crippen LogP contribution < -0.4 is 11.1 Å². The molecule has 8 nitrogen and oxygen atoms in total. The summed E-state index contributed by atoms with van der Waals surface area (Å²) in [6.45, 7) is 1.22. The van der Waals surface area contributed by atoms with Gasteiger partial charge in [-0.2, -0.15) is 10.1 Å². The quantitative estimate of drug-likeness (QED) is 0.625. The number of nitrogens with two attached hydrogens (primary N) is 1. The molecule has 0 saturated heterocycles. The first-order valence-electron chi connectivity index (χ1n) is 8.67. The molecule has 4 rings (SSSR count). The number of hydrogen-bond donors (Lipinski definition) is 3. The first-order valence-corrected chi connectivity index (χ1v) is 8.67. The number of carbonyl (C=O) groups is 1. The van der Waals surface area contributed by atoms with Gasteiger partial charge in [0.15, 0.2) is 0 Å². The predicted molar refractivity (Wildman–Crippen MR) is 100 cm³/mol. The molecule has 1 aromatic carbocycles. The maximum absolute atomic E-state index is 12.0. The number of amides is 1. The van der Waals surface area contributed by atoms with Gasteiger partial charge in [0.1, 0.15) is 5.82 Å². The van der Waals surface area contributed by atoms with Crippen LogP contribution in [0, 0.1) is 5.92 Å². The minimum absolute atomic E-state index is 0.212. The Morgan fingerprint density at radius 3 is 2.92 bits per heavy atom. The maximum atomic E-state index is 12.0. The van der Waals surface area contributed by atoms with E-state index in [1.54, 1.807) is 11.1 Å². The van der Waals surface area contributed by atoms with Crippen LogP contribution in [0.4, 0.5) is 11.8 Å². The van der Waals surface area contributed by atoms with Crippen molar-refractivity contribution in [1.29, 1.82) is 0 Å². The van der Waals surface area contributed by atoms with Gasteiger partial charge in [-0.3, -0.25) is 9.89 Å². The van der Waals surface area contributed by atoms with Gasteiger partial charge in [-0.25, -0.2) is 4.98 Å². The average molecular weight is 351 g/mol. The molecule has 134 valence electrons. The summed E-state index contributed by atoms with van der Waals surface area (Å²) in [5.41, 5.74) is 8.53. The summed E-state index contributed by atoms with van der Waals surface area (Å²) >= 11 is 0. The summed E-state index contributed by atoms with van der Waals surface area (Å²) in [4.78, 5) is 22.4. The van der Waals surface area contributed by atoms with E-state index in [1.165, 1.54) is 0 Å². The number of benzene rings is 1. The SMILES string of the molecule is CN(CCNc1nc(N)nc2cc(-c3ccn[nH]3)ccc12)C(=O)C1CC1. The third kappa shape index (κ3) is 3.30. The third-order valence-electron chi connectivity index (χ3n) is 4.57. The van der Waals surface area contributed by atoms with Gasteiger partial charge in [-0.15, -0.1) is 0 Å². The molecule has 8 heteroatoms. The van der Waals surface area contributed by atoms with Gasteiger partial charge in [-0.05, 0) is 31.0 Å². The third-order valence-corrected chi connectivity index (χ3v) is 4.57. The molecule has 0 radical (unpaired) electrons. The fourth-order valence-electron chi connectivity index (χ4n) is 2.96. The van der Waals surface area contributed by atoms with Crippen LogP contribution in [-0.2, 0) is 4.79 Å². The number of carbonyl (C=O) groups excluding carboxylic acids is 1. The van der Waals surface area contributed by atoms with Crippen LogP contribution in [0.3, 0.4) is 0 Å². The van der Waals surface area contributed by atoms with E-state index < -0.39 is 0 Å². The van der Waals surface area contributed by atoms with Gasteiger partial charge in [0.25, 0.3) is 0 Å². The Bertz CT molecular complexity index is 934. The molecular formula is C18H21N7O. The first kappa shape index (κ1) is 16.3. The van der Waals surface area contributed by atoms with Crippen LogP contribution in [0.25, 0.3) is 22.2 Å². The van der Waals surface area contributed by atoms with Crippen LogP contribution in [-0.4, -0.2) is 51.1 Å². The summed E-state index contributed by atoms with van der Waals surface area (Å²) in [5, 5.41) is 11.1. The van der Waals surface area contributed by atoms with Gasteiger partial charge in [0.2, 0.25) is 11.9 Å². The smallest absolute Gasteiger partial charge is 0.225 e. The Morgan fingerprint density at radius 2 is 2.19 bits per heavy atom. The molecule has 1 fully saturated rings. The zero-order chi connectivity index (χ0) is 18.1. The molecule has 0 aliphatic heterocycles. The van der Waals surface area contributed by atoms with Crippen LogP contribution in [0.2, 0.25) is 0 Å². The number of nitrogens with zero attached hydrogens (tertiary/aromatic N) is 4. The molecule has 0 spiro atoms. The highest BCUT2D eigenvalue weighted by Crippen LogP contribution is 2.30. The van der Waals surface area contributed by atoms with E-state index >= 15 is 0 Å². The lowest BCUT2D eigenvalue weighted by molar-refractivity contribution is -0.131. The number of likely N-dealkylation sites (N-methyl/N-ethyl adjacent to an activating group) is 1. The number of aromatic amines is 1. The van der Waals surface area contributed by atoms with Crippen molar-refractivity contribution in [3.05, 3.63) is 30.5 Å². The number of rotatable bonds is 6. The van der Waals surface area contributed by atoms with E-state index in [0.717, 1.165) is 35.0 Å². The van der Waals surface area contributed by atoms with Gasteiger partial charge in [0.05, 0.1) is 11.2 Å². The molecule has 26 heavy (non-hydrogen) atoms. The number of anilines is 2. The Balaban J connectivity index is 1.52. The summed E-state index contributed by atoms with van der Waals surface area (Å²) in [6, 6.07) is 7.81. The standard InChI is InChI=1S/C18H21N7O/c1-25(17(26)11-2-3-11)9-8-20-16-13-5-4-12(14-6-7-21-24-14)10-15(13)22-18(19)23-16/h4-7,10-11H,2-3,8-9H2,1H3,(H,21,24)(H3,19,20,22,23). The van der Waals surface area contributed by atoms with Crippen molar-refractivity contribution in [2.75, 3.05) is 31.2 Å². The molecule has 1 aliphatic carbocycles. The monoisotopic (exact) mass is 351 g/mol. The van der Waals surface area contributed by atoms with Crippen molar-refractivity contribution >= 4 is 28.6 Å². The number of aromatic nitrogens is 4. The van der Waals surface area contributed by atoms with Crippen molar-refractivity contribution in [1.82, 2.24) is 25.1 Å². The van der Waals surface area contributed by atoms with Crippen molar-refractivity contribution < 1.29 is 4.79 Å². The molecule has 1 aliphatic rings. The van der Waals surface area contributed by atoms with E-state index in [0.29, 0.717) is 18.9 Å². The molecule has 0 unspecified atom stereocenters. The van der Waals surface area contributed by atoms with E-state index in [1.807, 2.05) is 31.3 Å². The minimum Gasteiger partial charge on any atom is -0.368 e. The minimum atomic E-state index is 0.212. The maximum Gasteiger partial charge on any atom is 0.225 e. The Labute approximate surface area is 150 Å². The second-order valence-corrected chi connectivity index (χ2v) is 6.59. The average Bonchev–Trinajstić information content (AvgIpc) is 3.34. The Morgan fingerprint density at radius 1 is 1.35 bits per heavy atom. The fourth-order valence-corrected chi connectivity index (χ4v) is 2.96.